The van der Waals surface area contributed by atoms with Gasteiger partial charge in [0.15, 0.2) is 0 Å². The summed E-state index contributed by atoms with van der Waals surface area (Å²) in [6, 6.07) is 0. The fourth-order valence-corrected chi connectivity index (χ4v) is 3.57. The zero-order valence-electron chi connectivity index (χ0n) is 9.05. The Hall–Kier alpha value is -0.0400. The summed E-state index contributed by atoms with van der Waals surface area (Å²) in [6.45, 7) is 3.68. The first-order valence-corrected chi connectivity index (χ1v) is 5.94. The van der Waals surface area contributed by atoms with E-state index in [2.05, 4.69) is 19.3 Å². The molecule has 0 amide bonds. The summed E-state index contributed by atoms with van der Waals surface area (Å²) in [4.78, 5) is 0. The van der Waals surface area contributed by atoms with Gasteiger partial charge in [0.05, 0.1) is 0 Å². The third kappa shape index (κ3) is 2.07. The van der Waals surface area contributed by atoms with Crippen molar-refractivity contribution in [2.45, 2.75) is 39.0 Å². The lowest BCUT2D eigenvalue weighted by atomic mass is 9.77. The normalized spacial score (nSPS) is 44.8. The average Bonchev–Trinajstić information content (AvgIpc) is 2.46. The van der Waals surface area contributed by atoms with E-state index in [1.54, 1.807) is 0 Å². The van der Waals surface area contributed by atoms with Crippen LogP contribution in [0.5, 0.6) is 0 Å². The summed E-state index contributed by atoms with van der Waals surface area (Å²) in [5, 5.41) is 3.33. The summed E-state index contributed by atoms with van der Waals surface area (Å²) < 4.78 is 0. The Morgan fingerprint density at radius 1 is 1.08 bits per heavy atom. The predicted molar refractivity (Wildman–Crippen MR) is 56.6 cm³/mol. The van der Waals surface area contributed by atoms with Crippen LogP contribution in [-0.4, -0.2) is 13.6 Å². The first-order chi connectivity index (χ1) is 6.29. The fourth-order valence-electron chi connectivity index (χ4n) is 3.57. The lowest BCUT2D eigenvalue weighted by Gasteiger charge is -2.29. The summed E-state index contributed by atoms with van der Waals surface area (Å²) >= 11 is 0. The third-order valence-electron chi connectivity index (χ3n) is 4.17. The van der Waals surface area contributed by atoms with Gasteiger partial charge in [-0.25, -0.2) is 0 Å². The van der Waals surface area contributed by atoms with E-state index in [0.29, 0.717) is 0 Å². The van der Waals surface area contributed by atoms with Crippen molar-refractivity contribution >= 4 is 0 Å². The molecule has 2 aliphatic carbocycles. The quantitative estimate of drug-likeness (QED) is 0.690. The number of hydrogen-bond acceptors (Lipinski definition) is 1. The second kappa shape index (κ2) is 4.00. The van der Waals surface area contributed by atoms with Crippen molar-refractivity contribution in [1.82, 2.24) is 5.32 Å². The maximum Gasteiger partial charge on any atom is -0.00233 e. The Balaban J connectivity index is 1.87. The molecular weight excluding hydrogens is 158 g/mol. The molecule has 76 valence electrons. The van der Waals surface area contributed by atoms with E-state index in [1.807, 2.05) is 0 Å². The zero-order chi connectivity index (χ0) is 9.26. The van der Waals surface area contributed by atoms with Gasteiger partial charge in [0.25, 0.3) is 0 Å². The van der Waals surface area contributed by atoms with Gasteiger partial charge in [0.2, 0.25) is 0 Å². The highest BCUT2D eigenvalue weighted by Crippen LogP contribution is 2.46. The minimum absolute atomic E-state index is 0.991. The van der Waals surface area contributed by atoms with Crippen molar-refractivity contribution in [3.05, 3.63) is 0 Å². The molecular formula is C12H23N. The van der Waals surface area contributed by atoms with Crippen LogP contribution in [0.2, 0.25) is 0 Å². The van der Waals surface area contributed by atoms with Gasteiger partial charge < -0.3 is 5.32 Å². The maximum absolute atomic E-state index is 3.33. The number of hydrogen-bond donors (Lipinski definition) is 1. The van der Waals surface area contributed by atoms with Gasteiger partial charge in [-0.1, -0.05) is 13.3 Å². The van der Waals surface area contributed by atoms with E-state index in [-0.39, 0.29) is 0 Å². The fraction of sp³-hybridized carbons (Fsp3) is 1.00. The second-order valence-corrected chi connectivity index (χ2v) is 5.33. The van der Waals surface area contributed by atoms with Gasteiger partial charge in [-0.05, 0) is 62.9 Å². The van der Waals surface area contributed by atoms with Crippen LogP contribution >= 0.6 is 0 Å². The molecule has 1 heteroatoms. The Kier molecular flexibility index (Phi) is 2.92. The highest BCUT2D eigenvalue weighted by Gasteiger charge is 2.36. The minimum atomic E-state index is 0.991. The summed E-state index contributed by atoms with van der Waals surface area (Å²) in [5.74, 6) is 4.18. The van der Waals surface area contributed by atoms with Crippen LogP contribution in [0.4, 0.5) is 0 Å². The first kappa shape index (κ1) is 9.51. The number of rotatable bonds is 2. The minimum Gasteiger partial charge on any atom is -0.319 e. The van der Waals surface area contributed by atoms with Gasteiger partial charge in [-0.3, -0.25) is 0 Å². The Bertz CT molecular complexity index is 167. The largest absolute Gasteiger partial charge is 0.319 e. The van der Waals surface area contributed by atoms with Crippen LogP contribution in [0, 0.1) is 23.7 Å². The summed E-state index contributed by atoms with van der Waals surface area (Å²) in [6.07, 6.45) is 7.55. The van der Waals surface area contributed by atoms with E-state index in [4.69, 9.17) is 0 Å². The van der Waals surface area contributed by atoms with Gasteiger partial charge in [0, 0.05) is 0 Å². The third-order valence-corrected chi connectivity index (χ3v) is 4.17. The molecule has 0 aromatic heterocycles. The van der Waals surface area contributed by atoms with Gasteiger partial charge in [-0.15, -0.1) is 0 Å². The highest BCUT2D eigenvalue weighted by atomic mass is 14.8. The molecule has 13 heavy (non-hydrogen) atoms. The highest BCUT2D eigenvalue weighted by molar-refractivity contribution is 4.88. The van der Waals surface area contributed by atoms with E-state index in [1.165, 1.54) is 38.6 Å². The molecule has 0 heterocycles. The molecule has 0 saturated heterocycles. The molecule has 0 aliphatic heterocycles. The molecule has 3 unspecified atom stereocenters. The van der Waals surface area contributed by atoms with E-state index in [0.717, 1.165) is 23.7 Å². The molecule has 2 fully saturated rings. The Morgan fingerprint density at radius 2 is 1.85 bits per heavy atom. The molecule has 0 bridgehead atoms. The molecule has 0 aromatic rings. The lowest BCUT2D eigenvalue weighted by molar-refractivity contribution is 0.220. The van der Waals surface area contributed by atoms with E-state index in [9.17, 15) is 0 Å². The molecule has 1 N–H and O–H groups in total. The summed E-state index contributed by atoms with van der Waals surface area (Å²) in [5.41, 5.74) is 0. The van der Waals surface area contributed by atoms with Gasteiger partial charge in [0.1, 0.15) is 0 Å². The van der Waals surface area contributed by atoms with Crippen LogP contribution < -0.4 is 5.32 Å². The second-order valence-electron chi connectivity index (χ2n) is 5.33. The van der Waals surface area contributed by atoms with Crippen molar-refractivity contribution < 1.29 is 0 Å². The predicted octanol–water partition coefficient (Wildman–Crippen LogP) is 2.67. The topological polar surface area (TPSA) is 12.0 Å². The van der Waals surface area contributed by atoms with Crippen molar-refractivity contribution in [2.24, 2.45) is 23.7 Å². The zero-order valence-corrected chi connectivity index (χ0v) is 9.05. The molecule has 4 atom stereocenters. The number of fused-ring (bicyclic) bond motifs is 1. The molecule has 2 rings (SSSR count). The van der Waals surface area contributed by atoms with Crippen LogP contribution in [0.15, 0.2) is 0 Å². The molecule has 2 saturated carbocycles. The first-order valence-electron chi connectivity index (χ1n) is 5.94. The maximum atomic E-state index is 3.33. The van der Waals surface area contributed by atoms with E-state index < -0.39 is 0 Å². The molecule has 0 aromatic carbocycles. The monoisotopic (exact) mass is 181 g/mol. The van der Waals surface area contributed by atoms with Gasteiger partial charge >= 0.3 is 0 Å². The van der Waals surface area contributed by atoms with Crippen LogP contribution in [0.3, 0.4) is 0 Å². The Labute approximate surface area is 82.3 Å². The molecule has 0 radical (unpaired) electrons. The molecule has 1 nitrogen and oxygen atoms in total. The average molecular weight is 181 g/mol. The van der Waals surface area contributed by atoms with Gasteiger partial charge in [-0.2, -0.15) is 0 Å². The van der Waals surface area contributed by atoms with Crippen molar-refractivity contribution in [3.63, 3.8) is 0 Å². The van der Waals surface area contributed by atoms with Crippen LogP contribution in [-0.2, 0) is 0 Å². The number of nitrogens with one attached hydrogen (secondary N) is 1. The SMILES string of the molecule is CNCC1CC2CC[C@@H](C)CC2C1. The summed E-state index contributed by atoms with van der Waals surface area (Å²) in [7, 11) is 2.09. The van der Waals surface area contributed by atoms with Crippen LogP contribution in [0.1, 0.15) is 39.0 Å². The Morgan fingerprint density at radius 3 is 2.62 bits per heavy atom. The van der Waals surface area contributed by atoms with E-state index >= 15 is 0 Å². The van der Waals surface area contributed by atoms with Crippen molar-refractivity contribution in [3.8, 4) is 0 Å². The van der Waals surface area contributed by atoms with Crippen molar-refractivity contribution in [1.29, 1.82) is 0 Å². The van der Waals surface area contributed by atoms with Crippen molar-refractivity contribution in [2.75, 3.05) is 13.6 Å². The standard InChI is InChI=1S/C12H23N/c1-9-3-4-11-6-10(8-13-2)7-12(11)5-9/h9-13H,3-8H2,1-2H3/t9-,10?,11?,12?/m1/s1. The molecule has 2 aliphatic rings. The smallest absolute Gasteiger partial charge is 0.00233 e. The van der Waals surface area contributed by atoms with Crippen LogP contribution in [0.25, 0.3) is 0 Å². The lowest BCUT2D eigenvalue weighted by Crippen LogP contribution is -2.18. The molecule has 0 spiro atoms.